The third kappa shape index (κ3) is 2.47. The summed E-state index contributed by atoms with van der Waals surface area (Å²) in [4.78, 5) is 12.2. The monoisotopic (exact) mass is 254 g/mol. The summed E-state index contributed by atoms with van der Waals surface area (Å²) in [6.45, 7) is 0. The maximum absolute atomic E-state index is 12.2. The first-order chi connectivity index (χ1) is 7.68. The summed E-state index contributed by atoms with van der Waals surface area (Å²) in [5, 5.41) is 1.02. The van der Waals surface area contributed by atoms with Gasteiger partial charge in [-0.3, -0.25) is 4.79 Å². The van der Waals surface area contributed by atoms with E-state index < -0.39 is 0 Å². The Kier molecular flexibility index (Phi) is 3.67. The van der Waals surface area contributed by atoms with Crippen LogP contribution in [0.5, 0.6) is 0 Å². The fourth-order valence-electron chi connectivity index (χ4n) is 1.89. The van der Waals surface area contributed by atoms with Crippen LogP contribution in [0.4, 0.5) is 0 Å². The standard InChI is InChI=1S/C13H12Cl2O/c14-10-6-7-12(15)11(8-10)13(16)9-4-2-1-3-5-9/h4,6-8H,1-3,5H2. The molecule has 0 N–H and O–H groups in total. The number of allylic oxidation sites excluding steroid dienone is 2. The fourth-order valence-corrected chi connectivity index (χ4v) is 2.26. The number of rotatable bonds is 2. The Labute approximate surface area is 105 Å². The van der Waals surface area contributed by atoms with Gasteiger partial charge in [0.2, 0.25) is 0 Å². The number of hydrogen-bond acceptors (Lipinski definition) is 1. The van der Waals surface area contributed by atoms with Gasteiger partial charge in [-0.05, 0) is 49.5 Å². The summed E-state index contributed by atoms with van der Waals surface area (Å²) >= 11 is 11.9. The molecule has 1 aromatic carbocycles. The third-order valence-electron chi connectivity index (χ3n) is 2.76. The SMILES string of the molecule is O=C(C1=CCCCC1)c1cc(Cl)ccc1Cl. The zero-order valence-electron chi connectivity index (χ0n) is 8.80. The number of Topliss-reactive ketones (excluding diaryl/α,β-unsaturated/α-hetero) is 1. The van der Waals surface area contributed by atoms with Crippen molar-refractivity contribution in [1.29, 1.82) is 0 Å². The summed E-state index contributed by atoms with van der Waals surface area (Å²) < 4.78 is 0. The molecule has 0 atom stereocenters. The van der Waals surface area contributed by atoms with Crippen LogP contribution < -0.4 is 0 Å². The van der Waals surface area contributed by atoms with Crippen LogP contribution in [0.2, 0.25) is 10.0 Å². The van der Waals surface area contributed by atoms with Crippen LogP contribution in [-0.4, -0.2) is 5.78 Å². The highest BCUT2D eigenvalue weighted by Gasteiger charge is 2.17. The Morgan fingerprint density at radius 2 is 2.00 bits per heavy atom. The summed E-state index contributed by atoms with van der Waals surface area (Å²) in [6.07, 6.45) is 6.10. The lowest BCUT2D eigenvalue weighted by Crippen LogP contribution is -2.07. The summed E-state index contributed by atoms with van der Waals surface area (Å²) in [5.41, 5.74) is 1.39. The van der Waals surface area contributed by atoms with E-state index in [4.69, 9.17) is 23.2 Å². The predicted molar refractivity (Wildman–Crippen MR) is 67.3 cm³/mol. The largest absolute Gasteiger partial charge is 0.289 e. The second kappa shape index (κ2) is 5.03. The van der Waals surface area contributed by atoms with Crippen LogP contribution in [0.25, 0.3) is 0 Å². The van der Waals surface area contributed by atoms with Crippen LogP contribution in [0, 0.1) is 0 Å². The first-order valence-electron chi connectivity index (χ1n) is 5.37. The van der Waals surface area contributed by atoms with Gasteiger partial charge in [-0.15, -0.1) is 0 Å². The molecule has 0 radical (unpaired) electrons. The zero-order valence-corrected chi connectivity index (χ0v) is 10.3. The Hall–Kier alpha value is -0.790. The van der Waals surface area contributed by atoms with E-state index in [9.17, 15) is 4.79 Å². The van der Waals surface area contributed by atoms with E-state index in [0.29, 0.717) is 15.6 Å². The molecular weight excluding hydrogens is 243 g/mol. The van der Waals surface area contributed by atoms with E-state index in [2.05, 4.69) is 0 Å². The second-order valence-corrected chi connectivity index (χ2v) is 4.77. The van der Waals surface area contributed by atoms with Crippen molar-refractivity contribution in [3.05, 3.63) is 45.5 Å². The second-order valence-electron chi connectivity index (χ2n) is 3.93. The van der Waals surface area contributed by atoms with E-state index >= 15 is 0 Å². The minimum Gasteiger partial charge on any atom is -0.289 e. The molecular formula is C13H12Cl2O. The molecule has 0 heterocycles. The number of carbonyl (C=O) groups excluding carboxylic acids is 1. The molecule has 1 aromatic rings. The molecule has 0 spiro atoms. The number of hydrogen-bond donors (Lipinski definition) is 0. The number of benzene rings is 1. The first-order valence-corrected chi connectivity index (χ1v) is 6.13. The summed E-state index contributed by atoms with van der Waals surface area (Å²) in [6, 6.07) is 5.00. The van der Waals surface area contributed by atoms with Crippen molar-refractivity contribution in [2.75, 3.05) is 0 Å². The highest BCUT2D eigenvalue weighted by molar-refractivity contribution is 6.36. The molecule has 3 heteroatoms. The van der Waals surface area contributed by atoms with Gasteiger partial charge in [0.15, 0.2) is 5.78 Å². The van der Waals surface area contributed by atoms with Gasteiger partial charge in [0, 0.05) is 10.6 Å². The van der Waals surface area contributed by atoms with Crippen LogP contribution in [0.15, 0.2) is 29.8 Å². The first kappa shape index (κ1) is 11.7. The minimum atomic E-state index is 0.0206. The van der Waals surface area contributed by atoms with Crippen molar-refractivity contribution in [3.8, 4) is 0 Å². The molecule has 0 aromatic heterocycles. The Bertz CT molecular complexity index is 449. The zero-order chi connectivity index (χ0) is 11.5. The molecule has 0 fully saturated rings. The van der Waals surface area contributed by atoms with Gasteiger partial charge in [0.05, 0.1) is 5.02 Å². The predicted octanol–water partition coefficient (Wildman–Crippen LogP) is 4.68. The average Bonchev–Trinajstić information content (AvgIpc) is 2.32. The van der Waals surface area contributed by atoms with Crippen LogP contribution in [0.3, 0.4) is 0 Å². The molecule has 2 rings (SSSR count). The smallest absolute Gasteiger partial charge is 0.190 e. The van der Waals surface area contributed by atoms with Crippen molar-refractivity contribution < 1.29 is 4.79 Å². The average molecular weight is 255 g/mol. The van der Waals surface area contributed by atoms with Gasteiger partial charge in [-0.25, -0.2) is 0 Å². The molecule has 0 bridgehead atoms. The van der Waals surface area contributed by atoms with Crippen molar-refractivity contribution in [2.24, 2.45) is 0 Å². The lowest BCUT2D eigenvalue weighted by Gasteiger charge is -2.12. The molecule has 1 aliphatic carbocycles. The van der Waals surface area contributed by atoms with E-state index in [1.54, 1.807) is 18.2 Å². The van der Waals surface area contributed by atoms with Crippen molar-refractivity contribution in [2.45, 2.75) is 25.7 Å². The fraction of sp³-hybridized carbons (Fsp3) is 0.308. The minimum absolute atomic E-state index is 0.0206. The Morgan fingerprint density at radius 1 is 1.19 bits per heavy atom. The highest BCUT2D eigenvalue weighted by atomic mass is 35.5. The number of carbonyl (C=O) groups is 1. The van der Waals surface area contributed by atoms with Gasteiger partial charge in [0.1, 0.15) is 0 Å². The topological polar surface area (TPSA) is 17.1 Å². The molecule has 0 aliphatic heterocycles. The van der Waals surface area contributed by atoms with Crippen LogP contribution in [0.1, 0.15) is 36.0 Å². The highest BCUT2D eigenvalue weighted by Crippen LogP contribution is 2.27. The normalized spacial score (nSPS) is 15.8. The molecule has 1 nitrogen and oxygen atoms in total. The van der Waals surface area contributed by atoms with Gasteiger partial charge < -0.3 is 0 Å². The lowest BCUT2D eigenvalue weighted by atomic mass is 9.93. The van der Waals surface area contributed by atoms with E-state index in [-0.39, 0.29) is 5.78 Å². The molecule has 0 unspecified atom stereocenters. The van der Waals surface area contributed by atoms with Crippen molar-refractivity contribution in [3.63, 3.8) is 0 Å². The molecule has 84 valence electrons. The van der Waals surface area contributed by atoms with Crippen LogP contribution >= 0.6 is 23.2 Å². The number of ketones is 1. The van der Waals surface area contributed by atoms with E-state index in [1.165, 1.54) is 6.42 Å². The van der Waals surface area contributed by atoms with Gasteiger partial charge in [-0.1, -0.05) is 29.3 Å². The molecule has 1 aliphatic rings. The Morgan fingerprint density at radius 3 is 2.69 bits per heavy atom. The molecule has 0 saturated carbocycles. The third-order valence-corrected chi connectivity index (χ3v) is 3.32. The van der Waals surface area contributed by atoms with E-state index in [1.807, 2.05) is 6.08 Å². The quantitative estimate of drug-likeness (QED) is 0.701. The molecule has 16 heavy (non-hydrogen) atoms. The Balaban J connectivity index is 2.33. The maximum Gasteiger partial charge on any atom is 0.190 e. The van der Waals surface area contributed by atoms with Crippen molar-refractivity contribution in [1.82, 2.24) is 0 Å². The van der Waals surface area contributed by atoms with Gasteiger partial charge in [-0.2, -0.15) is 0 Å². The van der Waals surface area contributed by atoms with Gasteiger partial charge in [0.25, 0.3) is 0 Å². The maximum atomic E-state index is 12.2. The summed E-state index contributed by atoms with van der Waals surface area (Å²) in [7, 11) is 0. The number of halogens is 2. The molecule has 0 saturated heterocycles. The lowest BCUT2D eigenvalue weighted by molar-refractivity contribution is 0.102. The van der Waals surface area contributed by atoms with Crippen molar-refractivity contribution >= 4 is 29.0 Å². The summed E-state index contributed by atoms with van der Waals surface area (Å²) in [5.74, 6) is 0.0206. The molecule has 0 amide bonds. The van der Waals surface area contributed by atoms with Crippen LogP contribution in [-0.2, 0) is 0 Å². The van der Waals surface area contributed by atoms with Gasteiger partial charge >= 0.3 is 0 Å². The van der Waals surface area contributed by atoms with E-state index in [0.717, 1.165) is 24.8 Å².